The Labute approximate surface area is 110 Å². The Morgan fingerprint density at radius 3 is 2.61 bits per heavy atom. The summed E-state index contributed by atoms with van der Waals surface area (Å²) >= 11 is 5.54. The normalized spacial score (nSPS) is 13.1. The molecule has 0 N–H and O–H groups in total. The molecular formula is C10H13ClN2O4S. The Kier molecular flexibility index (Phi) is 4.64. The lowest BCUT2D eigenvalue weighted by Gasteiger charge is -2.10. The molecule has 0 aliphatic heterocycles. The molecule has 0 radical (unpaired) electrons. The van der Waals surface area contributed by atoms with Gasteiger partial charge in [-0.25, -0.2) is 23.2 Å². The van der Waals surface area contributed by atoms with Gasteiger partial charge in [0.25, 0.3) is 0 Å². The molecule has 100 valence electrons. The van der Waals surface area contributed by atoms with Crippen LogP contribution >= 0.6 is 11.6 Å². The molecule has 6 nitrogen and oxygen atoms in total. The molecule has 0 aliphatic rings. The highest BCUT2D eigenvalue weighted by Gasteiger charge is 2.26. The first-order chi connectivity index (χ1) is 8.32. The van der Waals surface area contributed by atoms with Crippen molar-refractivity contribution in [2.75, 3.05) is 13.0 Å². The zero-order valence-electron chi connectivity index (χ0n) is 10.2. The quantitative estimate of drug-likeness (QED) is 0.467. The molecule has 1 aromatic heterocycles. The van der Waals surface area contributed by atoms with Gasteiger partial charge in [-0.05, 0) is 19.9 Å². The van der Waals surface area contributed by atoms with Crippen LogP contribution in [0.1, 0.15) is 23.2 Å². The highest BCUT2D eigenvalue weighted by molar-refractivity contribution is 7.92. The number of aryl methyl sites for hydroxylation is 1. The molecule has 0 saturated carbocycles. The van der Waals surface area contributed by atoms with Crippen molar-refractivity contribution in [2.24, 2.45) is 0 Å². The molecule has 0 spiro atoms. The Morgan fingerprint density at radius 1 is 1.50 bits per heavy atom. The molecule has 0 bridgehead atoms. The van der Waals surface area contributed by atoms with Gasteiger partial charge in [0.1, 0.15) is 0 Å². The van der Waals surface area contributed by atoms with Crippen molar-refractivity contribution >= 4 is 27.4 Å². The molecule has 1 unspecified atom stereocenters. The summed E-state index contributed by atoms with van der Waals surface area (Å²) in [5, 5.41) is -1.01. The standard InChI is InChI=1S/C10H13ClN2O4S/c1-6-4-8(18(15,16)7(2)5-11)13-9(12-6)10(14)17-3/h4,7H,5H2,1-3H3. The van der Waals surface area contributed by atoms with Crippen LogP contribution in [0.4, 0.5) is 0 Å². The maximum absolute atomic E-state index is 12.1. The van der Waals surface area contributed by atoms with E-state index in [2.05, 4.69) is 14.7 Å². The van der Waals surface area contributed by atoms with Crippen LogP contribution in [0.15, 0.2) is 11.1 Å². The lowest BCUT2D eigenvalue weighted by molar-refractivity contribution is 0.0585. The number of carbonyl (C=O) groups is 1. The number of sulfone groups is 1. The topological polar surface area (TPSA) is 86.2 Å². The highest BCUT2D eigenvalue weighted by Crippen LogP contribution is 2.16. The second kappa shape index (κ2) is 5.62. The van der Waals surface area contributed by atoms with E-state index in [0.717, 1.165) is 0 Å². The summed E-state index contributed by atoms with van der Waals surface area (Å²) in [5.41, 5.74) is 0.366. The van der Waals surface area contributed by atoms with Gasteiger partial charge < -0.3 is 4.74 Å². The fraction of sp³-hybridized carbons (Fsp3) is 0.500. The smallest absolute Gasteiger partial charge is 0.376 e. The van der Waals surface area contributed by atoms with Crippen LogP contribution in [0, 0.1) is 6.92 Å². The van der Waals surface area contributed by atoms with E-state index in [0.29, 0.717) is 5.69 Å². The largest absolute Gasteiger partial charge is 0.463 e. The molecule has 8 heteroatoms. The minimum absolute atomic E-state index is 0.0566. The average molecular weight is 293 g/mol. The molecule has 1 heterocycles. The van der Waals surface area contributed by atoms with E-state index in [9.17, 15) is 13.2 Å². The zero-order valence-corrected chi connectivity index (χ0v) is 11.7. The van der Waals surface area contributed by atoms with Crippen LogP contribution in [0.25, 0.3) is 0 Å². The molecular weight excluding hydrogens is 280 g/mol. The number of aromatic nitrogens is 2. The number of halogens is 1. The van der Waals surface area contributed by atoms with E-state index in [1.54, 1.807) is 6.92 Å². The fourth-order valence-corrected chi connectivity index (χ4v) is 2.78. The van der Waals surface area contributed by atoms with Gasteiger partial charge in [-0.3, -0.25) is 0 Å². The van der Waals surface area contributed by atoms with E-state index >= 15 is 0 Å². The number of alkyl halides is 1. The van der Waals surface area contributed by atoms with Gasteiger partial charge in [0, 0.05) is 11.6 Å². The lowest BCUT2D eigenvalue weighted by Crippen LogP contribution is -2.22. The first-order valence-corrected chi connectivity index (χ1v) is 7.15. The van der Waals surface area contributed by atoms with E-state index in [4.69, 9.17) is 11.6 Å². The van der Waals surface area contributed by atoms with Gasteiger partial charge in [-0.2, -0.15) is 0 Å². The van der Waals surface area contributed by atoms with Gasteiger partial charge in [-0.1, -0.05) is 0 Å². The fourth-order valence-electron chi connectivity index (χ4n) is 1.16. The molecule has 1 rings (SSSR count). The lowest BCUT2D eigenvalue weighted by atomic mass is 10.4. The minimum Gasteiger partial charge on any atom is -0.463 e. The maximum atomic E-state index is 12.1. The summed E-state index contributed by atoms with van der Waals surface area (Å²) in [4.78, 5) is 18.8. The van der Waals surface area contributed by atoms with Gasteiger partial charge in [0.15, 0.2) is 14.9 Å². The predicted molar refractivity (Wildman–Crippen MR) is 65.5 cm³/mol. The van der Waals surface area contributed by atoms with E-state index in [-0.39, 0.29) is 16.7 Å². The van der Waals surface area contributed by atoms with Crippen LogP contribution < -0.4 is 0 Å². The van der Waals surface area contributed by atoms with Crippen molar-refractivity contribution in [2.45, 2.75) is 24.1 Å². The summed E-state index contributed by atoms with van der Waals surface area (Å²) in [6.07, 6.45) is 0. The molecule has 0 fully saturated rings. The van der Waals surface area contributed by atoms with E-state index < -0.39 is 21.1 Å². The van der Waals surface area contributed by atoms with Crippen LogP contribution in [-0.4, -0.2) is 42.6 Å². The molecule has 0 aromatic carbocycles. The van der Waals surface area contributed by atoms with Crippen molar-refractivity contribution in [1.29, 1.82) is 0 Å². The molecule has 1 atom stereocenters. The van der Waals surface area contributed by atoms with Crippen LogP contribution in [-0.2, 0) is 14.6 Å². The molecule has 0 aliphatic carbocycles. The second-order valence-electron chi connectivity index (χ2n) is 3.67. The summed E-state index contributed by atoms with van der Waals surface area (Å²) in [6, 6.07) is 1.30. The van der Waals surface area contributed by atoms with Crippen molar-refractivity contribution in [3.05, 3.63) is 17.6 Å². The molecule has 0 amide bonds. The Balaban J connectivity index is 3.35. The summed E-state index contributed by atoms with van der Waals surface area (Å²) < 4.78 is 28.6. The van der Waals surface area contributed by atoms with Crippen molar-refractivity contribution in [1.82, 2.24) is 9.97 Å². The zero-order chi connectivity index (χ0) is 13.9. The highest BCUT2D eigenvalue weighted by atomic mass is 35.5. The Hall–Kier alpha value is -1.21. The number of hydrogen-bond acceptors (Lipinski definition) is 6. The second-order valence-corrected chi connectivity index (χ2v) is 6.29. The molecule has 0 saturated heterocycles. The van der Waals surface area contributed by atoms with Crippen molar-refractivity contribution in [3.8, 4) is 0 Å². The SMILES string of the molecule is COC(=O)c1nc(C)cc(S(=O)(=O)C(C)CCl)n1. The van der Waals surface area contributed by atoms with Crippen LogP contribution in [0.5, 0.6) is 0 Å². The average Bonchev–Trinajstić information content (AvgIpc) is 2.35. The number of esters is 1. The summed E-state index contributed by atoms with van der Waals surface area (Å²) in [6.45, 7) is 3.04. The van der Waals surface area contributed by atoms with Crippen molar-refractivity contribution < 1.29 is 17.9 Å². The maximum Gasteiger partial charge on any atom is 0.376 e. The van der Waals surface area contributed by atoms with Gasteiger partial charge in [0.05, 0.1) is 12.4 Å². The number of hydrogen-bond donors (Lipinski definition) is 0. The number of methoxy groups -OCH3 is 1. The van der Waals surface area contributed by atoms with Gasteiger partial charge >= 0.3 is 5.97 Å². The minimum atomic E-state index is -3.67. The first kappa shape index (κ1) is 14.8. The first-order valence-electron chi connectivity index (χ1n) is 5.06. The third kappa shape index (κ3) is 2.97. The Morgan fingerprint density at radius 2 is 2.11 bits per heavy atom. The number of ether oxygens (including phenoxy) is 1. The van der Waals surface area contributed by atoms with Crippen LogP contribution in [0.2, 0.25) is 0 Å². The molecule has 1 aromatic rings. The third-order valence-corrected chi connectivity index (χ3v) is 4.90. The monoisotopic (exact) mass is 292 g/mol. The van der Waals surface area contributed by atoms with Crippen LogP contribution in [0.3, 0.4) is 0 Å². The third-order valence-electron chi connectivity index (χ3n) is 2.24. The number of carbonyl (C=O) groups excluding carboxylic acids is 1. The Bertz CT molecular complexity index is 559. The summed E-state index contributed by atoms with van der Waals surface area (Å²) in [7, 11) is -2.50. The predicted octanol–water partition coefficient (Wildman–Crippen LogP) is 0.973. The van der Waals surface area contributed by atoms with Gasteiger partial charge in [-0.15, -0.1) is 11.6 Å². The van der Waals surface area contributed by atoms with E-state index in [1.807, 2.05) is 0 Å². The number of nitrogens with zero attached hydrogens (tertiary/aromatic N) is 2. The van der Waals surface area contributed by atoms with E-state index in [1.165, 1.54) is 20.1 Å². The molecule has 18 heavy (non-hydrogen) atoms. The number of rotatable bonds is 4. The summed E-state index contributed by atoms with van der Waals surface area (Å²) in [5.74, 6) is -1.12. The van der Waals surface area contributed by atoms with Crippen molar-refractivity contribution in [3.63, 3.8) is 0 Å². The van der Waals surface area contributed by atoms with Gasteiger partial charge in [0.2, 0.25) is 5.82 Å².